The highest BCUT2D eigenvalue weighted by atomic mass is 16.3. The molecule has 2 aromatic heterocycles. The van der Waals surface area contributed by atoms with Crippen molar-refractivity contribution in [1.29, 1.82) is 0 Å². The van der Waals surface area contributed by atoms with Gasteiger partial charge in [-0.2, -0.15) is 0 Å². The predicted octanol–water partition coefficient (Wildman–Crippen LogP) is 14.9. The molecule has 0 radical (unpaired) electrons. The second kappa shape index (κ2) is 13.8. The second-order valence-corrected chi connectivity index (χ2v) is 15.2. The highest BCUT2D eigenvalue weighted by Crippen LogP contribution is 2.37. The van der Waals surface area contributed by atoms with E-state index in [2.05, 4.69) is 199 Å². The van der Waals surface area contributed by atoms with Crippen molar-refractivity contribution in [2.45, 2.75) is 18.8 Å². The minimum absolute atomic E-state index is 0.234. The summed E-state index contributed by atoms with van der Waals surface area (Å²) in [6.45, 7) is 0. The van der Waals surface area contributed by atoms with Gasteiger partial charge >= 0.3 is 0 Å². The van der Waals surface area contributed by atoms with Crippen molar-refractivity contribution in [3.63, 3.8) is 0 Å². The van der Waals surface area contributed by atoms with Crippen LogP contribution in [0.15, 0.2) is 211 Å². The summed E-state index contributed by atoms with van der Waals surface area (Å²) in [5.74, 6) is 0.234. The van der Waals surface area contributed by atoms with E-state index in [1.165, 1.54) is 77.2 Å². The molecule has 0 fully saturated rings. The standard InChI is InChI=1S/C55H39NO/c1-2-12-46-39(10-1)11-9-16-47(46)42-29-27-41(28-30-42)45(40-25-23-38(24-26-40)43-31-35-55-51(36-43)50-15-5-8-19-54(50)57-55)34-22-37-20-32-44(33-21-37)56-52-17-6-3-13-48(52)49-14-4-7-18-53(49)56/h1-21,23-33,35-36,45H,22,34H2. The van der Waals surface area contributed by atoms with Gasteiger partial charge in [-0.3, -0.25) is 0 Å². The zero-order chi connectivity index (χ0) is 37.7. The molecule has 9 aromatic carbocycles. The van der Waals surface area contributed by atoms with Crippen molar-refractivity contribution in [3.05, 3.63) is 223 Å². The number of aryl methyl sites for hydroxylation is 1. The lowest BCUT2D eigenvalue weighted by Gasteiger charge is -2.20. The molecule has 11 rings (SSSR count). The molecule has 0 saturated carbocycles. The molecule has 0 amide bonds. The van der Waals surface area contributed by atoms with Gasteiger partial charge in [0, 0.05) is 33.2 Å². The molecular weight excluding hydrogens is 691 g/mol. The van der Waals surface area contributed by atoms with Gasteiger partial charge in [0.1, 0.15) is 11.2 Å². The van der Waals surface area contributed by atoms with Crippen molar-refractivity contribution in [2.24, 2.45) is 0 Å². The number of fused-ring (bicyclic) bond motifs is 7. The molecule has 0 saturated heterocycles. The Hall–Kier alpha value is -7.16. The first-order valence-electron chi connectivity index (χ1n) is 19.9. The largest absolute Gasteiger partial charge is 0.456 e. The summed E-state index contributed by atoms with van der Waals surface area (Å²) in [5.41, 5.74) is 14.4. The van der Waals surface area contributed by atoms with Gasteiger partial charge < -0.3 is 8.98 Å². The molecule has 2 heteroatoms. The predicted molar refractivity (Wildman–Crippen MR) is 239 cm³/mol. The minimum atomic E-state index is 0.234. The molecule has 0 aliphatic heterocycles. The molecule has 2 heterocycles. The van der Waals surface area contributed by atoms with Crippen LogP contribution in [0.2, 0.25) is 0 Å². The summed E-state index contributed by atoms with van der Waals surface area (Å²) >= 11 is 0. The Labute approximate surface area is 331 Å². The number of nitrogens with zero attached hydrogens (tertiary/aromatic N) is 1. The number of rotatable bonds is 8. The molecule has 1 atom stereocenters. The third-order valence-electron chi connectivity index (χ3n) is 11.9. The van der Waals surface area contributed by atoms with Gasteiger partial charge in [-0.05, 0) is 105 Å². The summed E-state index contributed by atoms with van der Waals surface area (Å²) in [5, 5.41) is 7.43. The number of hydrogen-bond donors (Lipinski definition) is 0. The zero-order valence-corrected chi connectivity index (χ0v) is 31.5. The van der Waals surface area contributed by atoms with Crippen molar-refractivity contribution >= 4 is 54.5 Å². The van der Waals surface area contributed by atoms with Crippen LogP contribution in [-0.4, -0.2) is 4.57 Å². The second-order valence-electron chi connectivity index (χ2n) is 15.2. The first-order valence-corrected chi connectivity index (χ1v) is 19.9. The van der Waals surface area contributed by atoms with E-state index in [9.17, 15) is 0 Å². The molecule has 0 aliphatic carbocycles. The summed E-state index contributed by atoms with van der Waals surface area (Å²) in [7, 11) is 0. The van der Waals surface area contributed by atoms with Gasteiger partial charge in [-0.1, -0.05) is 164 Å². The van der Waals surface area contributed by atoms with E-state index in [4.69, 9.17) is 4.42 Å². The minimum Gasteiger partial charge on any atom is -0.456 e. The van der Waals surface area contributed by atoms with E-state index in [-0.39, 0.29) is 5.92 Å². The van der Waals surface area contributed by atoms with Gasteiger partial charge in [-0.15, -0.1) is 0 Å². The van der Waals surface area contributed by atoms with Crippen LogP contribution in [0.1, 0.15) is 29.0 Å². The van der Waals surface area contributed by atoms with Crippen molar-refractivity contribution in [2.75, 3.05) is 0 Å². The van der Waals surface area contributed by atoms with E-state index in [0.29, 0.717) is 0 Å². The van der Waals surface area contributed by atoms with Crippen molar-refractivity contribution < 1.29 is 4.42 Å². The Morgan fingerprint density at radius 3 is 1.68 bits per heavy atom. The molecule has 0 bridgehead atoms. The highest BCUT2D eigenvalue weighted by Gasteiger charge is 2.17. The fraction of sp³-hybridized carbons (Fsp3) is 0.0545. The maximum Gasteiger partial charge on any atom is 0.135 e. The maximum absolute atomic E-state index is 6.12. The Kier molecular flexibility index (Phi) is 8.07. The Bertz CT molecular complexity index is 3160. The maximum atomic E-state index is 6.12. The van der Waals surface area contributed by atoms with Gasteiger partial charge in [0.2, 0.25) is 0 Å². The number of aromatic nitrogens is 1. The van der Waals surface area contributed by atoms with E-state index < -0.39 is 0 Å². The van der Waals surface area contributed by atoms with Crippen LogP contribution >= 0.6 is 0 Å². The van der Waals surface area contributed by atoms with Gasteiger partial charge in [0.25, 0.3) is 0 Å². The van der Waals surface area contributed by atoms with Crippen LogP contribution in [0.3, 0.4) is 0 Å². The molecule has 0 aliphatic rings. The monoisotopic (exact) mass is 729 g/mol. The molecule has 2 nitrogen and oxygen atoms in total. The van der Waals surface area contributed by atoms with Crippen molar-refractivity contribution in [1.82, 2.24) is 4.57 Å². The average Bonchev–Trinajstić information content (AvgIpc) is 3.82. The van der Waals surface area contributed by atoms with Crippen LogP contribution in [0.25, 0.3) is 82.5 Å². The Morgan fingerprint density at radius 1 is 0.404 bits per heavy atom. The summed E-state index contributed by atoms with van der Waals surface area (Å²) in [4.78, 5) is 0. The fourth-order valence-electron chi connectivity index (χ4n) is 9.03. The van der Waals surface area contributed by atoms with Crippen LogP contribution in [0.4, 0.5) is 0 Å². The molecule has 11 aromatic rings. The van der Waals surface area contributed by atoms with E-state index >= 15 is 0 Å². The Morgan fingerprint density at radius 2 is 0.965 bits per heavy atom. The molecular formula is C55H39NO. The van der Waals surface area contributed by atoms with Crippen LogP contribution in [0, 0.1) is 0 Å². The third kappa shape index (κ3) is 5.89. The lowest BCUT2D eigenvalue weighted by molar-refractivity contribution is 0.669. The first kappa shape index (κ1) is 33.2. The quantitative estimate of drug-likeness (QED) is 0.152. The van der Waals surface area contributed by atoms with E-state index in [0.717, 1.165) is 34.8 Å². The molecule has 1 unspecified atom stereocenters. The van der Waals surface area contributed by atoms with E-state index in [1.54, 1.807) is 0 Å². The Balaban J connectivity index is 0.921. The topological polar surface area (TPSA) is 18.1 Å². The van der Waals surface area contributed by atoms with Crippen molar-refractivity contribution in [3.8, 4) is 27.9 Å². The third-order valence-corrected chi connectivity index (χ3v) is 11.9. The van der Waals surface area contributed by atoms with Gasteiger partial charge in [-0.25, -0.2) is 0 Å². The van der Waals surface area contributed by atoms with E-state index in [1.807, 2.05) is 12.1 Å². The lowest BCUT2D eigenvalue weighted by Crippen LogP contribution is -2.04. The van der Waals surface area contributed by atoms with Crippen LogP contribution in [-0.2, 0) is 6.42 Å². The lowest BCUT2D eigenvalue weighted by atomic mass is 9.84. The zero-order valence-electron chi connectivity index (χ0n) is 31.5. The normalized spacial score (nSPS) is 12.3. The summed E-state index contributed by atoms with van der Waals surface area (Å²) in [6, 6.07) is 75.3. The van der Waals surface area contributed by atoms with Gasteiger partial charge in [0.05, 0.1) is 11.0 Å². The van der Waals surface area contributed by atoms with Gasteiger partial charge in [0.15, 0.2) is 0 Å². The average molecular weight is 730 g/mol. The highest BCUT2D eigenvalue weighted by molar-refractivity contribution is 6.09. The van der Waals surface area contributed by atoms with Crippen LogP contribution in [0.5, 0.6) is 0 Å². The number of benzene rings is 9. The molecule has 0 N–H and O–H groups in total. The number of furan rings is 1. The number of para-hydroxylation sites is 3. The first-order chi connectivity index (χ1) is 28.2. The number of hydrogen-bond acceptors (Lipinski definition) is 1. The smallest absolute Gasteiger partial charge is 0.135 e. The SMILES string of the molecule is c1ccc2c(-c3ccc(C(CCc4ccc(-n5c6ccccc6c6ccccc65)cc4)c4ccc(-c5ccc6oc7ccccc7c6c5)cc4)cc3)cccc2c1. The molecule has 0 spiro atoms. The molecule has 270 valence electrons. The summed E-state index contributed by atoms with van der Waals surface area (Å²) in [6.07, 6.45) is 1.96. The summed E-state index contributed by atoms with van der Waals surface area (Å²) < 4.78 is 8.51. The fourth-order valence-corrected chi connectivity index (χ4v) is 9.03. The van der Waals surface area contributed by atoms with Crippen LogP contribution < -0.4 is 0 Å². The molecule has 57 heavy (non-hydrogen) atoms.